The lowest BCUT2D eigenvalue weighted by Crippen LogP contribution is -1.95. The second kappa shape index (κ2) is 17.1. The first-order chi connectivity index (χ1) is 29.7. The fourth-order valence-corrected chi connectivity index (χ4v) is 10.4. The Morgan fingerprint density at radius 2 is 1.00 bits per heavy atom. The van der Waals surface area contributed by atoms with Gasteiger partial charge in [0.25, 0.3) is 0 Å². The van der Waals surface area contributed by atoms with Gasteiger partial charge in [-0.05, 0) is 127 Å². The summed E-state index contributed by atoms with van der Waals surface area (Å²) < 4.78 is 3.55. The maximum absolute atomic E-state index is 3.83. The number of halogens is 1. The molecule has 0 fully saturated rings. The standard InChI is InChI=1S/C58H52BrN/c1-2-3-4-5-6-7-8-9-10-13-19-40-26-31-46(32-27-40)60-53-36-29-44(38-51(53)52-39-45(59)30-37-54(52)60)49-33-28-43-24-18-25-50-55(43)57(49)58-48(42-22-16-12-17-23-42)35-34-47(56(50)58)41-20-14-11-15-21-41/h11-12,14-18,20-39H,2-10,13,19H2,1H3. The zero-order valence-electron chi connectivity index (χ0n) is 34.7. The molecule has 10 rings (SSSR count). The average Bonchev–Trinajstić information content (AvgIpc) is 3.81. The van der Waals surface area contributed by atoms with Crippen molar-refractivity contribution in [2.75, 3.05) is 0 Å². The lowest BCUT2D eigenvalue weighted by atomic mass is 9.86. The van der Waals surface area contributed by atoms with Crippen LogP contribution in [-0.4, -0.2) is 4.57 Å². The molecule has 2 heteroatoms. The van der Waals surface area contributed by atoms with Crippen LogP contribution in [0.3, 0.4) is 0 Å². The summed E-state index contributed by atoms with van der Waals surface area (Å²) in [6.45, 7) is 2.30. The van der Waals surface area contributed by atoms with Crippen LogP contribution in [0, 0.1) is 0 Å². The van der Waals surface area contributed by atoms with Crippen molar-refractivity contribution in [3.8, 4) is 61.3 Å². The van der Waals surface area contributed by atoms with E-state index in [0.29, 0.717) is 0 Å². The Bertz CT molecular complexity index is 2960. The summed E-state index contributed by atoms with van der Waals surface area (Å²) in [5.41, 5.74) is 17.9. The minimum atomic E-state index is 1.09. The van der Waals surface area contributed by atoms with Gasteiger partial charge in [0.15, 0.2) is 0 Å². The first kappa shape index (κ1) is 38.5. The summed E-state index contributed by atoms with van der Waals surface area (Å²) in [5.74, 6) is 0. The van der Waals surface area contributed by atoms with Crippen LogP contribution in [0.25, 0.3) is 93.9 Å². The molecule has 0 spiro atoms. The first-order valence-electron chi connectivity index (χ1n) is 22.4. The third-order valence-corrected chi connectivity index (χ3v) is 13.5. The van der Waals surface area contributed by atoms with Gasteiger partial charge in [-0.15, -0.1) is 0 Å². The Balaban J connectivity index is 1.03. The van der Waals surface area contributed by atoms with Crippen LogP contribution >= 0.6 is 15.9 Å². The summed E-state index contributed by atoms with van der Waals surface area (Å²) in [6, 6.07) is 61.3. The Morgan fingerprint density at radius 1 is 0.417 bits per heavy atom. The van der Waals surface area contributed by atoms with Crippen molar-refractivity contribution in [2.24, 2.45) is 0 Å². The van der Waals surface area contributed by atoms with Crippen LogP contribution < -0.4 is 0 Å². The number of aryl methyl sites for hydroxylation is 1. The Hall–Kier alpha value is -5.70. The molecule has 1 aliphatic rings. The average molecular weight is 843 g/mol. The third kappa shape index (κ3) is 7.20. The number of aromatic nitrogens is 1. The molecule has 0 bridgehead atoms. The van der Waals surface area contributed by atoms with Gasteiger partial charge in [0.05, 0.1) is 11.0 Å². The van der Waals surface area contributed by atoms with E-state index in [1.54, 1.807) is 0 Å². The lowest BCUT2D eigenvalue weighted by molar-refractivity contribution is 0.556. The van der Waals surface area contributed by atoms with Crippen molar-refractivity contribution in [2.45, 2.75) is 77.6 Å². The van der Waals surface area contributed by atoms with E-state index < -0.39 is 0 Å². The molecule has 0 amide bonds. The van der Waals surface area contributed by atoms with E-state index in [1.165, 1.54) is 164 Å². The molecule has 0 N–H and O–H groups in total. The normalized spacial score (nSPS) is 11.9. The van der Waals surface area contributed by atoms with Crippen molar-refractivity contribution in [1.29, 1.82) is 0 Å². The summed E-state index contributed by atoms with van der Waals surface area (Å²) in [6.07, 6.45) is 14.9. The summed E-state index contributed by atoms with van der Waals surface area (Å²) in [5, 5.41) is 5.14. The van der Waals surface area contributed by atoms with Crippen LogP contribution in [0.4, 0.5) is 0 Å². The smallest absolute Gasteiger partial charge is 0.0541 e. The monoisotopic (exact) mass is 841 g/mol. The van der Waals surface area contributed by atoms with Crippen molar-refractivity contribution < 1.29 is 0 Å². The van der Waals surface area contributed by atoms with Crippen LogP contribution in [0.2, 0.25) is 0 Å². The highest BCUT2D eigenvalue weighted by molar-refractivity contribution is 9.10. The molecular formula is C58H52BrN. The molecule has 0 atom stereocenters. The molecule has 1 aliphatic carbocycles. The van der Waals surface area contributed by atoms with Gasteiger partial charge >= 0.3 is 0 Å². The molecule has 0 radical (unpaired) electrons. The molecule has 9 aromatic rings. The predicted octanol–water partition coefficient (Wildman–Crippen LogP) is 17.8. The lowest BCUT2D eigenvalue weighted by Gasteiger charge is -2.17. The van der Waals surface area contributed by atoms with Gasteiger partial charge in [0, 0.05) is 20.9 Å². The molecule has 1 aromatic heterocycles. The number of rotatable bonds is 15. The molecule has 296 valence electrons. The second-order valence-electron chi connectivity index (χ2n) is 16.9. The van der Waals surface area contributed by atoms with Gasteiger partial charge < -0.3 is 4.57 Å². The fourth-order valence-electron chi connectivity index (χ4n) is 10.0. The van der Waals surface area contributed by atoms with E-state index in [9.17, 15) is 0 Å². The molecule has 0 saturated heterocycles. The van der Waals surface area contributed by atoms with E-state index in [1.807, 2.05) is 0 Å². The SMILES string of the molecule is CCCCCCCCCCCCc1ccc(-n2c3ccc(Br)cc3c3cc(-c4ccc5cccc6c5c4-c4c(-c5ccccc5)ccc(-c5ccccc5)c4-6)ccc32)cc1. The van der Waals surface area contributed by atoms with E-state index in [4.69, 9.17) is 0 Å². The molecule has 60 heavy (non-hydrogen) atoms. The number of benzene rings is 8. The van der Waals surface area contributed by atoms with Gasteiger partial charge in [0.2, 0.25) is 0 Å². The molecule has 1 heterocycles. The summed E-state index contributed by atoms with van der Waals surface area (Å²) in [4.78, 5) is 0. The van der Waals surface area contributed by atoms with E-state index >= 15 is 0 Å². The number of hydrogen-bond acceptors (Lipinski definition) is 0. The van der Waals surface area contributed by atoms with Gasteiger partial charge in [-0.3, -0.25) is 0 Å². The van der Waals surface area contributed by atoms with Crippen LogP contribution in [0.5, 0.6) is 0 Å². The highest BCUT2D eigenvalue weighted by Gasteiger charge is 2.30. The number of nitrogens with zero attached hydrogens (tertiary/aromatic N) is 1. The quantitative estimate of drug-likeness (QED) is 0.0906. The van der Waals surface area contributed by atoms with Crippen molar-refractivity contribution >= 4 is 48.5 Å². The van der Waals surface area contributed by atoms with Crippen LogP contribution in [-0.2, 0) is 6.42 Å². The van der Waals surface area contributed by atoms with Crippen molar-refractivity contribution in [3.63, 3.8) is 0 Å². The Labute approximate surface area is 363 Å². The van der Waals surface area contributed by atoms with Crippen LogP contribution in [0.15, 0.2) is 168 Å². The highest BCUT2D eigenvalue weighted by Crippen LogP contribution is 2.57. The van der Waals surface area contributed by atoms with E-state index in [-0.39, 0.29) is 0 Å². The Kier molecular flexibility index (Phi) is 11.0. The van der Waals surface area contributed by atoms with Crippen molar-refractivity contribution in [3.05, 3.63) is 174 Å². The van der Waals surface area contributed by atoms with Crippen molar-refractivity contribution in [1.82, 2.24) is 4.57 Å². The number of fused-ring (bicyclic) bond motifs is 6. The fraction of sp³-hybridized carbons (Fsp3) is 0.207. The summed E-state index contributed by atoms with van der Waals surface area (Å²) in [7, 11) is 0. The first-order valence-corrected chi connectivity index (χ1v) is 23.1. The van der Waals surface area contributed by atoms with Gasteiger partial charge in [0.1, 0.15) is 0 Å². The number of hydrogen-bond donors (Lipinski definition) is 0. The van der Waals surface area contributed by atoms with Gasteiger partial charge in [-0.2, -0.15) is 0 Å². The maximum Gasteiger partial charge on any atom is 0.0541 e. The third-order valence-electron chi connectivity index (χ3n) is 13.0. The maximum atomic E-state index is 3.83. The molecule has 8 aromatic carbocycles. The molecule has 1 nitrogen and oxygen atoms in total. The van der Waals surface area contributed by atoms with E-state index in [2.05, 4.69) is 191 Å². The zero-order valence-corrected chi connectivity index (χ0v) is 36.3. The minimum Gasteiger partial charge on any atom is -0.309 e. The Morgan fingerprint density at radius 3 is 1.68 bits per heavy atom. The highest BCUT2D eigenvalue weighted by atomic mass is 79.9. The molecule has 0 unspecified atom stereocenters. The van der Waals surface area contributed by atoms with Crippen LogP contribution in [0.1, 0.15) is 76.7 Å². The number of unbranched alkanes of at least 4 members (excludes halogenated alkanes) is 9. The topological polar surface area (TPSA) is 4.93 Å². The second-order valence-corrected chi connectivity index (χ2v) is 17.8. The zero-order chi connectivity index (χ0) is 40.4. The predicted molar refractivity (Wildman–Crippen MR) is 262 cm³/mol. The largest absolute Gasteiger partial charge is 0.309 e. The van der Waals surface area contributed by atoms with Gasteiger partial charge in [-0.25, -0.2) is 0 Å². The minimum absolute atomic E-state index is 1.09. The molecular weight excluding hydrogens is 791 g/mol. The summed E-state index contributed by atoms with van der Waals surface area (Å²) >= 11 is 3.83. The van der Waals surface area contributed by atoms with E-state index in [0.717, 1.165) is 10.9 Å². The van der Waals surface area contributed by atoms with Gasteiger partial charge in [-0.1, -0.05) is 202 Å². The molecule has 0 saturated carbocycles. The molecule has 0 aliphatic heterocycles.